The molecule has 0 atom stereocenters. The molecule has 0 aliphatic carbocycles. The molecule has 0 aliphatic heterocycles. The highest BCUT2D eigenvalue weighted by Crippen LogP contribution is 2.23. The molecular formula is C16H20N2O3S2. The molecule has 0 fully saturated rings. The van der Waals surface area contributed by atoms with Crippen LogP contribution in [0.25, 0.3) is 0 Å². The van der Waals surface area contributed by atoms with Crippen molar-refractivity contribution >= 4 is 33.0 Å². The quantitative estimate of drug-likeness (QED) is 0.869. The number of benzene rings is 1. The molecule has 2 rings (SSSR count). The summed E-state index contributed by atoms with van der Waals surface area (Å²) in [4.78, 5) is 12.5. The average molecular weight is 352 g/mol. The maximum atomic E-state index is 12.1. The number of nitrogens with one attached hydrogen (secondary N) is 1. The van der Waals surface area contributed by atoms with Gasteiger partial charge in [0.05, 0.1) is 23.4 Å². The topological polar surface area (TPSA) is 66.5 Å². The minimum atomic E-state index is -3.42. The van der Waals surface area contributed by atoms with E-state index in [1.54, 1.807) is 18.2 Å². The third-order valence-electron chi connectivity index (χ3n) is 3.37. The van der Waals surface area contributed by atoms with Crippen molar-refractivity contribution in [2.24, 2.45) is 0 Å². The van der Waals surface area contributed by atoms with Gasteiger partial charge in [0.2, 0.25) is 10.0 Å². The second kappa shape index (κ2) is 7.14. The van der Waals surface area contributed by atoms with Gasteiger partial charge in [-0.2, -0.15) is 0 Å². The number of amides is 1. The second-order valence-corrected chi connectivity index (χ2v) is 8.21. The fraction of sp³-hybridized carbons (Fsp3) is 0.312. The van der Waals surface area contributed by atoms with Crippen LogP contribution in [0.2, 0.25) is 0 Å². The molecule has 23 heavy (non-hydrogen) atoms. The summed E-state index contributed by atoms with van der Waals surface area (Å²) in [6, 6.07) is 9.16. The van der Waals surface area contributed by atoms with Crippen molar-refractivity contribution in [3.05, 3.63) is 51.7 Å². The first kappa shape index (κ1) is 17.5. The van der Waals surface area contributed by atoms with E-state index in [9.17, 15) is 13.2 Å². The zero-order valence-electron chi connectivity index (χ0n) is 13.4. The third kappa shape index (κ3) is 4.56. The Morgan fingerprint density at radius 3 is 2.57 bits per heavy atom. The van der Waals surface area contributed by atoms with Crippen LogP contribution in [-0.2, 0) is 10.0 Å². The number of hydrogen-bond donors (Lipinski definition) is 1. The van der Waals surface area contributed by atoms with Crippen LogP contribution in [0.1, 0.15) is 20.8 Å². The summed E-state index contributed by atoms with van der Waals surface area (Å²) in [6.45, 7) is 4.28. The molecule has 0 aliphatic rings. The fourth-order valence-corrected chi connectivity index (χ4v) is 3.94. The first-order valence-electron chi connectivity index (χ1n) is 7.15. The van der Waals surface area contributed by atoms with Gasteiger partial charge in [-0.15, -0.1) is 11.3 Å². The summed E-state index contributed by atoms with van der Waals surface area (Å²) >= 11 is 1.35. The molecule has 0 unspecified atom stereocenters. The number of anilines is 1. The largest absolute Gasteiger partial charge is 0.350 e. The van der Waals surface area contributed by atoms with Gasteiger partial charge in [0, 0.05) is 6.54 Å². The molecule has 0 radical (unpaired) electrons. The zero-order valence-corrected chi connectivity index (χ0v) is 15.0. The van der Waals surface area contributed by atoms with Crippen LogP contribution in [0.3, 0.4) is 0 Å². The molecule has 1 N–H and O–H groups in total. The molecule has 0 saturated heterocycles. The van der Waals surface area contributed by atoms with Crippen molar-refractivity contribution in [1.82, 2.24) is 5.32 Å². The standard InChI is InChI=1S/C16H20N2O3S2/c1-12-6-7-14(13(2)11-12)18(23(3,20)21)9-8-17-16(19)15-5-4-10-22-15/h4-7,10-11H,8-9H2,1-3H3,(H,17,19). The highest BCUT2D eigenvalue weighted by Gasteiger charge is 2.19. The highest BCUT2D eigenvalue weighted by atomic mass is 32.2. The Morgan fingerprint density at radius 1 is 1.26 bits per heavy atom. The summed E-state index contributed by atoms with van der Waals surface area (Å²) < 4.78 is 25.5. The number of rotatable bonds is 6. The predicted octanol–water partition coefficient (Wildman–Crippen LogP) is 2.56. The number of carbonyl (C=O) groups excluding carboxylic acids is 1. The molecule has 1 aromatic heterocycles. The van der Waals surface area contributed by atoms with E-state index >= 15 is 0 Å². The van der Waals surface area contributed by atoms with E-state index in [4.69, 9.17) is 0 Å². The Labute approximate surface area is 141 Å². The molecule has 1 amide bonds. The summed E-state index contributed by atoms with van der Waals surface area (Å²) in [5, 5.41) is 4.58. The number of hydrogen-bond acceptors (Lipinski definition) is 4. The minimum Gasteiger partial charge on any atom is -0.350 e. The summed E-state index contributed by atoms with van der Waals surface area (Å²) in [7, 11) is -3.42. The molecule has 0 saturated carbocycles. The summed E-state index contributed by atoms with van der Waals surface area (Å²) in [5.41, 5.74) is 2.61. The predicted molar refractivity (Wildman–Crippen MR) is 94.8 cm³/mol. The molecule has 1 heterocycles. The molecule has 0 spiro atoms. The molecule has 5 nitrogen and oxygen atoms in total. The van der Waals surface area contributed by atoms with Crippen molar-refractivity contribution in [3.63, 3.8) is 0 Å². The zero-order chi connectivity index (χ0) is 17.0. The number of sulfonamides is 1. The molecule has 7 heteroatoms. The Bertz CT molecular complexity index is 784. The summed E-state index contributed by atoms with van der Waals surface area (Å²) in [6.07, 6.45) is 1.17. The van der Waals surface area contributed by atoms with E-state index in [-0.39, 0.29) is 19.0 Å². The van der Waals surface area contributed by atoms with Crippen molar-refractivity contribution in [1.29, 1.82) is 0 Å². The van der Waals surface area contributed by atoms with Crippen LogP contribution in [0.15, 0.2) is 35.7 Å². The van der Waals surface area contributed by atoms with Gasteiger partial charge in [-0.25, -0.2) is 8.42 Å². The number of carbonyl (C=O) groups is 1. The van der Waals surface area contributed by atoms with Crippen molar-refractivity contribution in [3.8, 4) is 0 Å². The van der Waals surface area contributed by atoms with E-state index in [1.165, 1.54) is 21.9 Å². The lowest BCUT2D eigenvalue weighted by Crippen LogP contribution is -2.38. The molecule has 0 bridgehead atoms. The maximum absolute atomic E-state index is 12.1. The van der Waals surface area contributed by atoms with Gasteiger partial charge in [-0.3, -0.25) is 9.10 Å². The van der Waals surface area contributed by atoms with Gasteiger partial charge >= 0.3 is 0 Å². The first-order chi connectivity index (χ1) is 10.8. The van der Waals surface area contributed by atoms with Crippen LogP contribution in [0, 0.1) is 13.8 Å². The van der Waals surface area contributed by atoms with Gasteiger partial charge in [-0.1, -0.05) is 23.8 Å². The monoisotopic (exact) mass is 352 g/mol. The molecular weight excluding hydrogens is 332 g/mol. The Morgan fingerprint density at radius 2 is 2.00 bits per heavy atom. The molecule has 2 aromatic rings. The normalized spacial score (nSPS) is 11.3. The van der Waals surface area contributed by atoms with Crippen LogP contribution < -0.4 is 9.62 Å². The van der Waals surface area contributed by atoms with E-state index in [0.29, 0.717) is 10.6 Å². The lowest BCUT2D eigenvalue weighted by Gasteiger charge is -2.24. The SMILES string of the molecule is Cc1ccc(N(CCNC(=O)c2cccs2)S(C)(=O)=O)c(C)c1. The van der Waals surface area contributed by atoms with Gasteiger partial charge in [0.15, 0.2) is 0 Å². The first-order valence-corrected chi connectivity index (χ1v) is 9.88. The van der Waals surface area contributed by atoms with Crippen molar-refractivity contribution in [2.45, 2.75) is 13.8 Å². The van der Waals surface area contributed by atoms with E-state index in [0.717, 1.165) is 11.1 Å². The average Bonchev–Trinajstić information content (AvgIpc) is 2.97. The highest BCUT2D eigenvalue weighted by molar-refractivity contribution is 7.92. The van der Waals surface area contributed by atoms with Crippen molar-refractivity contribution < 1.29 is 13.2 Å². The fourth-order valence-electron chi connectivity index (χ4n) is 2.32. The van der Waals surface area contributed by atoms with Gasteiger partial charge in [0.1, 0.15) is 0 Å². The lowest BCUT2D eigenvalue weighted by atomic mass is 10.1. The number of nitrogens with zero attached hydrogens (tertiary/aromatic N) is 1. The van der Waals surface area contributed by atoms with E-state index in [2.05, 4.69) is 5.32 Å². The van der Waals surface area contributed by atoms with Crippen LogP contribution in [0.4, 0.5) is 5.69 Å². The Kier molecular flexibility index (Phi) is 5.43. The Balaban J connectivity index is 2.10. The minimum absolute atomic E-state index is 0.186. The van der Waals surface area contributed by atoms with Crippen LogP contribution in [0.5, 0.6) is 0 Å². The second-order valence-electron chi connectivity index (χ2n) is 5.36. The van der Waals surface area contributed by atoms with Gasteiger partial charge in [-0.05, 0) is 36.9 Å². The lowest BCUT2D eigenvalue weighted by molar-refractivity contribution is 0.0959. The number of aryl methyl sites for hydroxylation is 2. The van der Waals surface area contributed by atoms with E-state index < -0.39 is 10.0 Å². The number of thiophene rings is 1. The van der Waals surface area contributed by atoms with Crippen molar-refractivity contribution in [2.75, 3.05) is 23.7 Å². The maximum Gasteiger partial charge on any atom is 0.261 e. The third-order valence-corrected chi connectivity index (χ3v) is 5.42. The summed E-state index contributed by atoms with van der Waals surface area (Å²) in [5.74, 6) is -0.186. The van der Waals surface area contributed by atoms with Crippen LogP contribution in [-0.4, -0.2) is 33.7 Å². The smallest absolute Gasteiger partial charge is 0.261 e. The molecule has 1 aromatic carbocycles. The molecule has 124 valence electrons. The van der Waals surface area contributed by atoms with Crippen LogP contribution >= 0.6 is 11.3 Å². The van der Waals surface area contributed by atoms with E-state index in [1.807, 2.05) is 31.4 Å². The van der Waals surface area contributed by atoms with Gasteiger partial charge < -0.3 is 5.32 Å². The van der Waals surface area contributed by atoms with Gasteiger partial charge in [0.25, 0.3) is 5.91 Å². The Hall–Kier alpha value is -1.86.